The summed E-state index contributed by atoms with van der Waals surface area (Å²) in [4.78, 5) is 7.59. The van der Waals surface area contributed by atoms with Gasteiger partial charge in [-0.05, 0) is 12.3 Å². The molecule has 1 aliphatic rings. The zero-order chi connectivity index (χ0) is 10.7. The van der Waals surface area contributed by atoms with E-state index in [-0.39, 0.29) is 5.82 Å². The number of hydrogen-bond donors (Lipinski definition) is 1. The van der Waals surface area contributed by atoms with Crippen LogP contribution in [0.5, 0.6) is 0 Å². The van der Waals surface area contributed by atoms with Gasteiger partial charge in [0.05, 0.1) is 5.69 Å². The molecule has 1 aromatic rings. The van der Waals surface area contributed by atoms with E-state index in [1.54, 1.807) is 0 Å². The fourth-order valence-electron chi connectivity index (χ4n) is 2.23. The largest absolute Gasteiger partial charge is 0.381 e. The maximum Gasteiger partial charge on any atom is 0.186 e. The number of halogens is 1. The Bertz CT molecular complexity index is 335. The molecule has 0 saturated heterocycles. The minimum absolute atomic E-state index is 0.0317. The molecule has 1 aliphatic carbocycles. The third-order valence-corrected chi connectivity index (χ3v) is 3.10. The molecule has 0 spiro atoms. The zero-order valence-corrected chi connectivity index (χ0v) is 8.75. The summed E-state index contributed by atoms with van der Waals surface area (Å²) >= 11 is 0. The average molecular weight is 209 g/mol. The highest BCUT2D eigenvalue weighted by molar-refractivity contribution is 5.31. The number of anilines is 1. The fourth-order valence-corrected chi connectivity index (χ4v) is 2.23. The monoisotopic (exact) mass is 209 g/mol. The Kier molecular flexibility index (Phi) is 3.14. The first-order valence-corrected chi connectivity index (χ1v) is 5.52. The van der Waals surface area contributed by atoms with Crippen LogP contribution in [-0.4, -0.2) is 9.97 Å². The SMILES string of the molecule is Nc1ncnc(CC2CCCCC2)c1F. The highest BCUT2D eigenvalue weighted by atomic mass is 19.1. The van der Waals surface area contributed by atoms with Crippen molar-refractivity contribution in [1.29, 1.82) is 0 Å². The van der Waals surface area contributed by atoms with Gasteiger partial charge in [0.1, 0.15) is 6.33 Å². The van der Waals surface area contributed by atoms with Gasteiger partial charge >= 0.3 is 0 Å². The molecule has 2 rings (SSSR count). The van der Waals surface area contributed by atoms with Crippen LogP contribution in [0.1, 0.15) is 37.8 Å². The van der Waals surface area contributed by atoms with E-state index < -0.39 is 5.82 Å². The second kappa shape index (κ2) is 4.55. The predicted molar refractivity (Wildman–Crippen MR) is 56.7 cm³/mol. The van der Waals surface area contributed by atoms with Crippen molar-refractivity contribution in [3.8, 4) is 0 Å². The summed E-state index contributed by atoms with van der Waals surface area (Å²) in [6.45, 7) is 0. The van der Waals surface area contributed by atoms with E-state index in [1.165, 1.54) is 38.4 Å². The zero-order valence-electron chi connectivity index (χ0n) is 8.75. The lowest BCUT2D eigenvalue weighted by Crippen LogP contribution is -2.12. The molecular formula is C11H16FN3. The molecule has 3 nitrogen and oxygen atoms in total. The molecule has 0 bridgehead atoms. The molecule has 1 heterocycles. The van der Waals surface area contributed by atoms with Crippen LogP contribution in [0.3, 0.4) is 0 Å². The third kappa shape index (κ3) is 2.43. The van der Waals surface area contributed by atoms with Crippen LogP contribution in [-0.2, 0) is 6.42 Å². The number of hydrogen-bond acceptors (Lipinski definition) is 3. The van der Waals surface area contributed by atoms with Gasteiger partial charge in [-0.3, -0.25) is 0 Å². The number of nitrogens with two attached hydrogens (primary N) is 1. The second-order valence-electron chi connectivity index (χ2n) is 4.23. The number of rotatable bonds is 2. The standard InChI is InChI=1S/C11H16FN3/c12-10-9(14-7-15-11(10)13)6-8-4-2-1-3-5-8/h7-8H,1-6H2,(H2,13,14,15). The Morgan fingerprint density at radius 3 is 2.73 bits per heavy atom. The van der Waals surface area contributed by atoms with E-state index in [4.69, 9.17) is 5.73 Å². The molecule has 0 aliphatic heterocycles. The molecule has 0 atom stereocenters. The van der Waals surface area contributed by atoms with Crippen LogP contribution in [0.2, 0.25) is 0 Å². The summed E-state index contributed by atoms with van der Waals surface area (Å²) in [5, 5.41) is 0. The third-order valence-electron chi connectivity index (χ3n) is 3.10. The summed E-state index contributed by atoms with van der Waals surface area (Å²) in [7, 11) is 0. The number of nitrogens with zero attached hydrogens (tertiary/aromatic N) is 2. The Labute approximate surface area is 88.9 Å². The first kappa shape index (κ1) is 10.3. The minimum atomic E-state index is -0.428. The summed E-state index contributed by atoms with van der Waals surface area (Å²) in [5.41, 5.74) is 5.88. The molecule has 0 unspecified atom stereocenters. The molecule has 4 heteroatoms. The van der Waals surface area contributed by atoms with Crippen LogP contribution in [0, 0.1) is 11.7 Å². The van der Waals surface area contributed by atoms with E-state index in [9.17, 15) is 4.39 Å². The van der Waals surface area contributed by atoms with Gasteiger partial charge in [0.15, 0.2) is 11.6 Å². The Hall–Kier alpha value is -1.19. The first-order chi connectivity index (χ1) is 7.27. The van der Waals surface area contributed by atoms with E-state index in [2.05, 4.69) is 9.97 Å². The fraction of sp³-hybridized carbons (Fsp3) is 0.636. The summed E-state index contributed by atoms with van der Waals surface area (Å²) in [6.07, 6.45) is 8.24. The van der Waals surface area contributed by atoms with Gasteiger partial charge in [-0.2, -0.15) is 0 Å². The molecule has 0 amide bonds. The normalized spacial score (nSPS) is 17.9. The first-order valence-electron chi connectivity index (χ1n) is 5.52. The van der Waals surface area contributed by atoms with Crippen LogP contribution in [0.15, 0.2) is 6.33 Å². The summed E-state index contributed by atoms with van der Waals surface area (Å²) in [5.74, 6) is 0.112. The lowest BCUT2D eigenvalue weighted by molar-refractivity contribution is 0.350. The molecule has 1 aromatic heterocycles. The van der Waals surface area contributed by atoms with E-state index in [0.717, 1.165) is 0 Å². The molecule has 15 heavy (non-hydrogen) atoms. The van der Waals surface area contributed by atoms with Gasteiger partial charge in [0.2, 0.25) is 0 Å². The van der Waals surface area contributed by atoms with E-state index in [1.807, 2.05) is 0 Å². The molecule has 0 radical (unpaired) electrons. The molecule has 1 fully saturated rings. The van der Waals surface area contributed by atoms with Gasteiger partial charge < -0.3 is 5.73 Å². The number of nitrogen functional groups attached to an aromatic ring is 1. The van der Waals surface area contributed by atoms with Gasteiger partial charge in [0.25, 0.3) is 0 Å². The molecule has 0 aromatic carbocycles. The predicted octanol–water partition coefficient (Wildman–Crippen LogP) is 2.32. The molecule has 1 saturated carbocycles. The summed E-state index contributed by atoms with van der Waals surface area (Å²) < 4.78 is 13.5. The van der Waals surface area contributed by atoms with Crippen LogP contribution in [0.4, 0.5) is 10.2 Å². The van der Waals surface area contributed by atoms with Crippen molar-refractivity contribution in [2.24, 2.45) is 5.92 Å². The van der Waals surface area contributed by atoms with Crippen molar-refractivity contribution in [3.63, 3.8) is 0 Å². The van der Waals surface area contributed by atoms with E-state index in [0.29, 0.717) is 18.0 Å². The van der Waals surface area contributed by atoms with Crippen molar-refractivity contribution in [1.82, 2.24) is 9.97 Å². The van der Waals surface area contributed by atoms with Crippen LogP contribution >= 0.6 is 0 Å². The van der Waals surface area contributed by atoms with Crippen molar-refractivity contribution in [2.45, 2.75) is 38.5 Å². The van der Waals surface area contributed by atoms with Gasteiger partial charge in [-0.15, -0.1) is 0 Å². The quantitative estimate of drug-likeness (QED) is 0.813. The highest BCUT2D eigenvalue weighted by Crippen LogP contribution is 2.27. The smallest absolute Gasteiger partial charge is 0.186 e. The molecular weight excluding hydrogens is 193 g/mol. The number of aromatic nitrogens is 2. The topological polar surface area (TPSA) is 51.8 Å². The second-order valence-corrected chi connectivity index (χ2v) is 4.23. The molecule has 82 valence electrons. The Balaban J connectivity index is 2.06. The van der Waals surface area contributed by atoms with Gasteiger partial charge in [-0.1, -0.05) is 32.1 Å². The van der Waals surface area contributed by atoms with Crippen LogP contribution < -0.4 is 5.73 Å². The van der Waals surface area contributed by atoms with Crippen molar-refractivity contribution < 1.29 is 4.39 Å². The summed E-state index contributed by atoms with van der Waals surface area (Å²) in [6, 6.07) is 0. The van der Waals surface area contributed by atoms with E-state index >= 15 is 0 Å². The van der Waals surface area contributed by atoms with Crippen molar-refractivity contribution in [3.05, 3.63) is 17.8 Å². The van der Waals surface area contributed by atoms with Gasteiger partial charge in [-0.25, -0.2) is 14.4 Å². The lowest BCUT2D eigenvalue weighted by atomic mass is 9.86. The Morgan fingerprint density at radius 2 is 2.00 bits per heavy atom. The lowest BCUT2D eigenvalue weighted by Gasteiger charge is -2.21. The van der Waals surface area contributed by atoms with Gasteiger partial charge in [0, 0.05) is 0 Å². The maximum absolute atomic E-state index is 13.5. The van der Waals surface area contributed by atoms with Crippen molar-refractivity contribution in [2.75, 3.05) is 5.73 Å². The highest BCUT2D eigenvalue weighted by Gasteiger charge is 2.17. The average Bonchev–Trinajstić information content (AvgIpc) is 2.26. The Morgan fingerprint density at radius 1 is 1.27 bits per heavy atom. The maximum atomic E-state index is 13.5. The van der Waals surface area contributed by atoms with Crippen LogP contribution in [0.25, 0.3) is 0 Å². The van der Waals surface area contributed by atoms with Crippen molar-refractivity contribution >= 4 is 5.82 Å². The molecule has 2 N–H and O–H groups in total. The minimum Gasteiger partial charge on any atom is -0.381 e.